The Morgan fingerprint density at radius 1 is 1.30 bits per heavy atom. The van der Waals surface area contributed by atoms with Crippen LogP contribution in [0.15, 0.2) is 28.7 Å². The van der Waals surface area contributed by atoms with Gasteiger partial charge in [-0.1, -0.05) is 28.1 Å². The van der Waals surface area contributed by atoms with Crippen molar-refractivity contribution in [2.24, 2.45) is 5.73 Å². The van der Waals surface area contributed by atoms with Crippen molar-refractivity contribution < 1.29 is 22.7 Å². The van der Waals surface area contributed by atoms with Crippen molar-refractivity contribution in [3.05, 3.63) is 34.3 Å². The summed E-state index contributed by atoms with van der Waals surface area (Å²) in [5.41, 5.74) is 5.13. The van der Waals surface area contributed by atoms with Crippen LogP contribution in [0, 0.1) is 0 Å². The number of carbonyl (C=O) groups excluding carboxylic acids is 1. The Bertz CT molecular complexity index is 537. The van der Waals surface area contributed by atoms with Crippen molar-refractivity contribution in [3.8, 4) is 0 Å². The molecule has 8 heteroatoms. The highest BCUT2D eigenvalue weighted by Crippen LogP contribution is 2.35. The van der Waals surface area contributed by atoms with E-state index in [2.05, 4.69) is 21.2 Å². The van der Waals surface area contributed by atoms with E-state index in [4.69, 9.17) is 10.5 Å². The maximum Gasteiger partial charge on any atom is 0.407 e. The normalized spacial score (nSPS) is 23.3. The first-order valence-electron chi connectivity index (χ1n) is 7.30. The van der Waals surface area contributed by atoms with Gasteiger partial charge in [-0.2, -0.15) is 13.2 Å². The largest absolute Gasteiger partial charge is 0.446 e. The predicted molar refractivity (Wildman–Crippen MR) is 82.8 cm³/mol. The Morgan fingerprint density at radius 3 is 2.52 bits per heavy atom. The number of carbonyl (C=O) groups is 1. The third kappa shape index (κ3) is 5.39. The Hall–Kier alpha value is -1.28. The van der Waals surface area contributed by atoms with Crippen LogP contribution in [0.4, 0.5) is 18.0 Å². The standard InChI is InChI=1S/C15H18BrF3N2O2/c16-10-6-4-9(5-7-10)13(15(17,18)19)21-11-2-1-3-12(8-11)23-14(20)22/h4-7,11-13,21H,1-3,8H2,(H2,20,22)/t11-,12+,13?/m0/s1. The quantitative estimate of drug-likeness (QED) is 0.809. The summed E-state index contributed by atoms with van der Waals surface area (Å²) in [6.45, 7) is 0. The summed E-state index contributed by atoms with van der Waals surface area (Å²) < 4.78 is 45.8. The number of hydrogen-bond acceptors (Lipinski definition) is 3. The number of rotatable bonds is 4. The average molecular weight is 395 g/mol. The number of nitrogens with one attached hydrogen (secondary N) is 1. The number of halogens is 4. The number of ether oxygens (including phenoxy) is 1. The van der Waals surface area contributed by atoms with Crippen LogP contribution in [0.25, 0.3) is 0 Å². The van der Waals surface area contributed by atoms with E-state index in [1.165, 1.54) is 12.1 Å². The van der Waals surface area contributed by atoms with E-state index in [9.17, 15) is 18.0 Å². The molecule has 1 unspecified atom stereocenters. The van der Waals surface area contributed by atoms with Crippen molar-refractivity contribution in [1.29, 1.82) is 0 Å². The zero-order valence-corrected chi connectivity index (χ0v) is 13.9. The highest BCUT2D eigenvalue weighted by molar-refractivity contribution is 9.10. The average Bonchev–Trinajstić information content (AvgIpc) is 2.44. The van der Waals surface area contributed by atoms with E-state index in [1.54, 1.807) is 12.1 Å². The SMILES string of the molecule is NC(=O)O[C@@H]1CCC[C@H](NC(c2ccc(Br)cc2)C(F)(F)F)C1. The van der Waals surface area contributed by atoms with Gasteiger partial charge >= 0.3 is 12.3 Å². The number of nitrogens with two attached hydrogens (primary N) is 1. The van der Waals surface area contributed by atoms with Gasteiger partial charge in [0, 0.05) is 10.5 Å². The van der Waals surface area contributed by atoms with Gasteiger partial charge in [0.05, 0.1) is 0 Å². The van der Waals surface area contributed by atoms with E-state index >= 15 is 0 Å². The lowest BCUT2D eigenvalue weighted by molar-refractivity contribution is -0.160. The smallest absolute Gasteiger partial charge is 0.407 e. The maximum absolute atomic E-state index is 13.4. The van der Waals surface area contributed by atoms with E-state index in [-0.39, 0.29) is 11.6 Å². The number of primary amides is 1. The number of alkyl halides is 3. The predicted octanol–water partition coefficient (Wildman–Crippen LogP) is 4.05. The van der Waals surface area contributed by atoms with Gasteiger partial charge in [-0.05, 0) is 43.4 Å². The molecule has 3 atom stereocenters. The molecule has 0 radical (unpaired) electrons. The number of benzene rings is 1. The van der Waals surface area contributed by atoms with Gasteiger partial charge in [0.1, 0.15) is 12.1 Å². The highest BCUT2D eigenvalue weighted by atomic mass is 79.9. The van der Waals surface area contributed by atoms with Gasteiger partial charge < -0.3 is 10.5 Å². The first-order valence-corrected chi connectivity index (χ1v) is 8.09. The Kier molecular flexibility index (Phi) is 5.91. The van der Waals surface area contributed by atoms with Crippen LogP contribution in [-0.4, -0.2) is 24.4 Å². The molecule has 1 aromatic rings. The van der Waals surface area contributed by atoms with Crippen LogP contribution < -0.4 is 11.1 Å². The van der Waals surface area contributed by atoms with Crippen molar-refractivity contribution in [3.63, 3.8) is 0 Å². The molecule has 0 heterocycles. The van der Waals surface area contributed by atoms with Gasteiger partial charge in [0.2, 0.25) is 0 Å². The summed E-state index contributed by atoms with van der Waals surface area (Å²) in [5.74, 6) is 0. The third-order valence-electron chi connectivity index (χ3n) is 3.84. The Morgan fingerprint density at radius 2 is 1.96 bits per heavy atom. The summed E-state index contributed by atoms with van der Waals surface area (Å²) in [6.07, 6.45) is -3.51. The zero-order chi connectivity index (χ0) is 17.0. The maximum atomic E-state index is 13.4. The molecule has 2 rings (SSSR count). The molecule has 23 heavy (non-hydrogen) atoms. The van der Waals surface area contributed by atoms with Crippen LogP contribution in [0.5, 0.6) is 0 Å². The topological polar surface area (TPSA) is 64.4 Å². The molecule has 1 aliphatic carbocycles. The fourth-order valence-corrected chi connectivity index (χ4v) is 3.10. The lowest BCUT2D eigenvalue weighted by Crippen LogP contribution is -2.44. The first-order chi connectivity index (χ1) is 10.8. The van der Waals surface area contributed by atoms with Crippen LogP contribution in [0.2, 0.25) is 0 Å². The van der Waals surface area contributed by atoms with Gasteiger partial charge in [-0.25, -0.2) is 4.79 Å². The molecule has 128 valence electrons. The van der Waals surface area contributed by atoms with Crippen LogP contribution >= 0.6 is 15.9 Å². The minimum atomic E-state index is -4.41. The Balaban J connectivity index is 2.09. The van der Waals surface area contributed by atoms with Gasteiger partial charge in [0.15, 0.2) is 0 Å². The molecule has 1 aromatic carbocycles. The van der Waals surface area contributed by atoms with Crippen molar-refractivity contribution in [2.75, 3.05) is 0 Å². The molecule has 1 aliphatic rings. The first kappa shape index (κ1) is 18.1. The van der Waals surface area contributed by atoms with Crippen LogP contribution in [0.1, 0.15) is 37.3 Å². The van der Waals surface area contributed by atoms with Crippen molar-refractivity contribution in [1.82, 2.24) is 5.32 Å². The summed E-state index contributed by atoms with van der Waals surface area (Å²) >= 11 is 3.21. The summed E-state index contributed by atoms with van der Waals surface area (Å²) in [4.78, 5) is 10.8. The fourth-order valence-electron chi connectivity index (χ4n) is 2.84. The molecule has 1 fully saturated rings. The van der Waals surface area contributed by atoms with E-state index < -0.39 is 24.4 Å². The second-order valence-corrected chi connectivity index (χ2v) is 6.53. The molecule has 1 amide bonds. The minimum Gasteiger partial charge on any atom is -0.446 e. The second-order valence-electron chi connectivity index (χ2n) is 5.62. The number of hydrogen-bond donors (Lipinski definition) is 2. The van der Waals surface area contributed by atoms with E-state index in [0.717, 1.165) is 4.47 Å². The highest BCUT2D eigenvalue weighted by Gasteiger charge is 2.42. The van der Waals surface area contributed by atoms with Crippen LogP contribution in [-0.2, 0) is 4.74 Å². The third-order valence-corrected chi connectivity index (χ3v) is 4.37. The fraction of sp³-hybridized carbons (Fsp3) is 0.533. The molecule has 4 nitrogen and oxygen atoms in total. The summed E-state index contributed by atoms with van der Waals surface area (Å²) in [5, 5.41) is 2.66. The van der Waals surface area contributed by atoms with E-state index in [1.807, 2.05) is 0 Å². The minimum absolute atomic E-state index is 0.152. The molecule has 0 saturated heterocycles. The summed E-state index contributed by atoms with van der Waals surface area (Å²) in [6, 6.07) is 3.90. The molecule has 3 N–H and O–H groups in total. The van der Waals surface area contributed by atoms with Gasteiger partial charge in [-0.15, -0.1) is 0 Å². The van der Waals surface area contributed by atoms with Gasteiger partial charge in [-0.3, -0.25) is 5.32 Å². The molecule has 0 spiro atoms. The Labute approximate surface area is 140 Å². The lowest BCUT2D eigenvalue weighted by Gasteiger charge is -2.33. The molecule has 0 bridgehead atoms. The lowest BCUT2D eigenvalue weighted by atomic mass is 9.91. The van der Waals surface area contributed by atoms with Gasteiger partial charge in [0.25, 0.3) is 0 Å². The van der Waals surface area contributed by atoms with Crippen molar-refractivity contribution >= 4 is 22.0 Å². The monoisotopic (exact) mass is 394 g/mol. The molecule has 0 aliphatic heterocycles. The second kappa shape index (κ2) is 7.53. The number of amides is 1. The molecule has 0 aromatic heterocycles. The van der Waals surface area contributed by atoms with Crippen molar-refractivity contribution in [2.45, 2.75) is 50.0 Å². The molecular formula is C15H18BrF3N2O2. The molecular weight excluding hydrogens is 377 g/mol. The van der Waals surface area contributed by atoms with E-state index in [0.29, 0.717) is 25.7 Å². The molecule has 1 saturated carbocycles. The summed E-state index contributed by atoms with van der Waals surface area (Å²) in [7, 11) is 0. The zero-order valence-electron chi connectivity index (χ0n) is 12.3. The van der Waals surface area contributed by atoms with Crippen LogP contribution in [0.3, 0.4) is 0 Å².